The first-order chi connectivity index (χ1) is 12.0. The molecule has 3 rings (SSSR count). The Bertz CT molecular complexity index is 776. The van der Waals surface area contributed by atoms with Crippen LogP contribution in [0.3, 0.4) is 0 Å². The van der Waals surface area contributed by atoms with Crippen LogP contribution in [0.25, 0.3) is 0 Å². The predicted octanol–water partition coefficient (Wildman–Crippen LogP) is 3.40. The minimum absolute atomic E-state index is 0.105. The molecule has 0 amide bonds. The molecule has 2 aromatic carbocycles. The highest BCUT2D eigenvalue weighted by atomic mass is 32.2. The summed E-state index contributed by atoms with van der Waals surface area (Å²) in [5.41, 5.74) is 2.06. The van der Waals surface area contributed by atoms with Gasteiger partial charge in [-0.05, 0) is 17.2 Å². The maximum atomic E-state index is 11.4. The van der Waals surface area contributed by atoms with Gasteiger partial charge < -0.3 is 5.11 Å². The first-order valence-corrected chi connectivity index (χ1v) is 8.90. The Kier molecular flexibility index (Phi) is 5.35. The molecule has 0 saturated carbocycles. The van der Waals surface area contributed by atoms with Gasteiger partial charge in [-0.1, -0.05) is 36.4 Å². The van der Waals surface area contributed by atoms with E-state index in [1.54, 1.807) is 12.1 Å². The molecule has 1 fully saturated rings. The van der Waals surface area contributed by atoms with Crippen molar-refractivity contribution in [3.8, 4) is 0 Å². The largest absolute Gasteiger partial charge is 0.481 e. The van der Waals surface area contributed by atoms with Crippen LogP contribution >= 0.6 is 11.8 Å². The van der Waals surface area contributed by atoms with Crippen molar-refractivity contribution in [2.75, 3.05) is 13.1 Å². The highest BCUT2D eigenvalue weighted by Crippen LogP contribution is 2.33. The van der Waals surface area contributed by atoms with Gasteiger partial charge in [0.05, 0.1) is 15.7 Å². The molecule has 0 unspecified atom stereocenters. The summed E-state index contributed by atoms with van der Waals surface area (Å²) >= 11 is 1.45. The summed E-state index contributed by atoms with van der Waals surface area (Å²) in [6.45, 7) is 1.52. The number of rotatable bonds is 7. The number of thioether (sulfide) groups is 1. The lowest BCUT2D eigenvalue weighted by Crippen LogP contribution is -2.49. The summed E-state index contributed by atoms with van der Waals surface area (Å²) in [6.07, 6.45) is 0. The van der Waals surface area contributed by atoms with E-state index in [2.05, 4.69) is 0 Å². The first-order valence-electron chi connectivity index (χ1n) is 7.92. The van der Waals surface area contributed by atoms with Gasteiger partial charge in [0, 0.05) is 31.5 Å². The zero-order chi connectivity index (χ0) is 17.8. The van der Waals surface area contributed by atoms with E-state index in [0.717, 1.165) is 11.1 Å². The number of carboxylic acid groups (broad SMARTS) is 1. The number of hydrogen-bond acceptors (Lipinski definition) is 5. The Labute approximate surface area is 149 Å². The van der Waals surface area contributed by atoms with E-state index in [-0.39, 0.29) is 16.5 Å². The SMILES string of the molecule is O=C(O)C1CN(Cc2ccc(SCc3ccccc3)c([N+](=O)[O-])c2)C1. The number of hydrogen-bond donors (Lipinski definition) is 1. The number of nitrogens with zero attached hydrogens (tertiary/aromatic N) is 2. The monoisotopic (exact) mass is 358 g/mol. The Morgan fingerprint density at radius 2 is 1.92 bits per heavy atom. The topological polar surface area (TPSA) is 83.7 Å². The number of nitro groups is 1. The summed E-state index contributed by atoms with van der Waals surface area (Å²) in [7, 11) is 0. The average Bonchev–Trinajstić information content (AvgIpc) is 2.56. The number of carbonyl (C=O) groups is 1. The number of benzene rings is 2. The maximum Gasteiger partial charge on any atom is 0.309 e. The number of likely N-dealkylation sites (tertiary alicyclic amines) is 1. The van der Waals surface area contributed by atoms with Crippen molar-refractivity contribution in [3.05, 3.63) is 69.8 Å². The van der Waals surface area contributed by atoms with E-state index in [1.807, 2.05) is 41.3 Å². The summed E-state index contributed by atoms with van der Waals surface area (Å²) in [4.78, 5) is 24.5. The minimum Gasteiger partial charge on any atom is -0.481 e. The van der Waals surface area contributed by atoms with Crippen molar-refractivity contribution in [1.82, 2.24) is 4.90 Å². The minimum atomic E-state index is -0.783. The molecule has 0 aliphatic carbocycles. The molecule has 1 N–H and O–H groups in total. The molecule has 1 heterocycles. The van der Waals surface area contributed by atoms with Crippen LogP contribution in [0.2, 0.25) is 0 Å². The van der Waals surface area contributed by atoms with E-state index < -0.39 is 5.97 Å². The van der Waals surface area contributed by atoms with E-state index in [9.17, 15) is 14.9 Å². The molecule has 6 nitrogen and oxygen atoms in total. The van der Waals surface area contributed by atoms with Crippen molar-refractivity contribution in [1.29, 1.82) is 0 Å². The average molecular weight is 358 g/mol. The van der Waals surface area contributed by atoms with Crippen molar-refractivity contribution in [2.45, 2.75) is 17.2 Å². The van der Waals surface area contributed by atoms with Crippen molar-refractivity contribution in [3.63, 3.8) is 0 Å². The standard InChI is InChI=1S/C18H18N2O4S/c21-18(22)15-10-19(11-15)9-14-6-7-17(16(8-14)20(23)24)25-12-13-4-2-1-3-5-13/h1-8,15H,9-12H2,(H,21,22). The van der Waals surface area contributed by atoms with Crippen LogP contribution in [0.15, 0.2) is 53.4 Å². The van der Waals surface area contributed by atoms with E-state index in [1.165, 1.54) is 11.8 Å². The van der Waals surface area contributed by atoms with Crippen LogP contribution in [0.1, 0.15) is 11.1 Å². The lowest BCUT2D eigenvalue weighted by Gasteiger charge is -2.36. The highest BCUT2D eigenvalue weighted by Gasteiger charge is 2.32. The molecular formula is C18H18N2O4S. The molecule has 1 aliphatic rings. The summed E-state index contributed by atoms with van der Waals surface area (Å²) in [6, 6.07) is 15.1. The fourth-order valence-corrected chi connectivity index (χ4v) is 3.73. The molecule has 0 aromatic heterocycles. The quantitative estimate of drug-likeness (QED) is 0.464. The zero-order valence-electron chi connectivity index (χ0n) is 13.5. The molecule has 25 heavy (non-hydrogen) atoms. The van der Waals surface area contributed by atoms with Crippen LogP contribution in [0.5, 0.6) is 0 Å². The number of aliphatic carboxylic acids is 1. The van der Waals surface area contributed by atoms with Crippen LogP contribution in [-0.4, -0.2) is 34.0 Å². The van der Waals surface area contributed by atoms with Gasteiger partial charge in [0.15, 0.2) is 0 Å². The Balaban J connectivity index is 1.66. The highest BCUT2D eigenvalue weighted by molar-refractivity contribution is 7.98. The zero-order valence-corrected chi connectivity index (χ0v) is 14.3. The second kappa shape index (κ2) is 7.67. The molecule has 1 saturated heterocycles. The van der Waals surface area contributed by atoms with Crippen LogP contribution in [0, 0.1) is 16.0 Å². The van der Waals surface area contributed by atoms with E-state index in [0.29, 0.717) is 30.3 Å². The molecule has 0 bridgehead atoms. The van der Waals surface area contributed by atoms with Gasteiger partial charge in [0.1, 0.15) is 0 Å². The van der Waals surface area contributed by atoms with Gasteiger partial charge in [-0.3, -0.25) is 19.8 Å². The van der Waals surface area contributed by atoms with Gasteiger partial charge in [0.25, 0.3) is 5.69 Å². The fourth-order valence-electron chi connectivity index (χ4n) is 2.77. The van der Waals surface area contributed by atoms with E-state index >= 15 is 0 Å². The third kappa shape index (κ3) is 4.37. The van der Waals surface area contributed by atoms with Crippen LogP contribution < -0.4 is 0 Å². The van der Waals surface area contributed by atoms with Gasteiger partial charge >= 0.3 is 5.97 Å². The molecule has 2 aromatic rings. The predicted molar refractivity (Wildman–Crippen MR) is 95.5 cm³/mol. The fraction of sp³-hybridized carbons (Fsp3) is 0.278. The molecule has 7 heteroatoms. The van der Waals surface area contributed by atoms with Gasteiger partial charge in [-0.15, -0.1) is 11.8 Å². The molecule has 1 aliphatic heterocycles. The van der Waals surface area contributed by atoms with Crippen LogP contribution in [0.4, 0.5) is 5.69 Å². The Hall–Kier alpha value is -2.38. The summed E-state index contributed by atoms with van der Waals surface area (Å²) in [5.74, 6) is -0.432. The number of nitro benzene ring substituents is 1. The Morgan fingerprint density at radius 1 is 1.20 bits per heavy atom. The van der Waals surface area contributed by atoms with Crippen molar-refractivity contribution < 1.29 is 14.8 Å². The van der Waals surface area contributed by atoms with Crippen molar-refractivity contribution >= 4 is 23.4 Å². The smallest absolute Gasteiger partial charge is 0.309 e. The Morgan fingerprint density at radius 3 is 2.56 bits per heavy atom. The third-order valence-electron chi connectivity index (χ3n) is 4.17. The second-order valence-electron chi connectivity index (χ2n) is 6.06. The molecule has 0 radical (unpaired) electrons. The van der Waals surface area contributed by atoms with E-state index in [4.69, 9.17) is 5.11 Å². The molecule has 0 atom stereocenters. The third-order valence-corrected chi connectivity index (χ3v) is 5.30. The van der Waals surface area contributed by atoms with Gasteiger partial charge in [-0.25, -0.2) is 0 Å². The summed E-state index contributed by atoms with van der Waals surface area (Å²) < 4.78 is 0. The first kappa shape index (κ1) is 17.4. The lowest BCUT2D eigenvalue weighted by atomic mass is 9.99. The van der Waals surface area contributed by atoms with Crippen LogP contribution in [-0.2, 0) is 17.1 Å². The van der Waals surface area contributed by atoms with Crippen molar-refractivity contribution in [2.24, 2.45) is 5.92 Å². The summed E-state index contributed by atoms with van der Waals surface area (Å²) in [5, 5.41) is 20.3. The molecular weight excluding hydrogens is 340 g/mol. The number of carboxylic acids is 1. The normalized spacial score (nSPS) is 14.9. The maximum absolute atomic E-state index is 11.4. The lowest BCUT2D eigenvalue weighted by molar-refractivity contribution is -0.387. The molecule has 130 valence electrons. The van der Waals surface area contributed by atoms with Gasteiger partial charge in [0.2, 0.25) is 0 Å². The molecule has 0 spiro atoms. The van der Waals surface area contributed by atoms with Gasteiger partial charge in [-0.2, -0.15) is 0 Å². The second-order valence-corrected chi connectivity index (χ2v) is 7.08.